The van der Waals surface area contributed by atoms with Crippen molar-refractivity contribution >= 4 is 17.6 Å². The Morgan fingerprint density at radius 1 is 1.14 bits per heavy atom. The van der Waals surface area contributed by atoms with Crippen LogP contribution in [0, 0.1) is 5.82 Å². The number of carbonyl (C=O) groups is 2. The maximum Gasteiger partial charge on any atom is 0.321 e. The smallest absolute Gasteiger partial charge is 0.321 e. The van der Waals surface area contributed by atoms with Crippen LogP contribution in [-0.4, -0.2) is 43.6 Å². The average molecular weight is 385 g/mol. The molecule has 1 aliphatic heterocycles. The first-order valence-corrected chi connectivity index (χ1v) is 9.34. The van der Waals surface area contributed by atoms with Crippen LogP contribution in [0.25, 0.3) is 0 Å². The van der Waals surface area contributed by atoms with Gasteiger partial charge in [0.2, 0.25) is 0 Å². The number of amides is 3. The molecule has 2 aromatic carbocycles. The number of rotatable bonds is 6. The van der Waals surface area contributed by atoms with Gasteiger partial charge in [0.25, 0.3) is 5.91 Å². The van der Waals surface area contributed by atoms with E-state index in [2.05, 4.69) is 10.6 Å². The molecule has 1 saturated heterocycles. The van der Waals surface area contributed by atoms with E-state index in [1.165, 1.54) is 12.1 Å². The zero-order chi connectivity index (χ0) is 19.9. The van der Waals surface area contributed by atoms with E-state index in [1.54, 1.807) is 12.0 Å². The lowest BCUT2D eigenvalue weighted by molar-refractivity contribution is 0.0954. The molecule has 2 N–H and O–H groups in total. The summed E-state index contributed by atoms with van der Waals surface area (Å²) in [4.78, 5) is 26.6. The van der Waals surface area contributed by atoms with Crippen LogP contribution in [0.2, 0.25) is 0 Å². The molecule has 0 saturated carbocycles. The van der Waals surface area contributed by atoms with Crippen LogP contribution in [0.3, 0.4) is 0 Å². The minimum Gasteiger partial charge on any atom is -0.496 e. The summed E-state index contributed by atoms with van der Waals surface area (Å²) in [5.74, 6) is -0.221. The number of hydrogen-bond acceptors (Lipinski definition) is 3. The summed E-state index contributed by atoms with van der Waals surface area (Å²) in [6.45, 7) is 1.73. The van der Waals surface area contributed by atoms with E-state index in [9.17, 15) is 14.0 Å². The Hall–Kier alpha value is -3.09. The van der Waals surface area contributed by atoms with Gasteiger partial charge in [0.05, 0.1) is 18.4 Å². The molecule has 7 heteroatoms. The van der Waals surface area contributed by atoms with E-state index in [0.717, 1.165) is 30.2 Å². The molecule has 28 heavy (non-hydrogen) atoms. The lowest BCUT2D eigenvalue weighted by Gasteiger charge is -2.18. The highest BCUT2D eigenvalue weighted by Crippen LogP contribution is 2.20. The predicted molar refractivity (Wildman–Crippen MR) is 105 cm³/mol. The van der Waals surface area contributed by atoms with Crippen molar-refractivity contribution in [3.05, 3.63) is 59.4 Å². The van der Waals surface area contributed by atoms with Crippen molar-refractivity contribution < 1.29 is 18.7 Å². The fourth-order valence-corrected chi connectivity index (χ4v) is 3.24. The molecule has 2 aromatic rings. The van der Waals surface area contributed by atoms with Crippen molar-refractivity contribution in [3.8, 4) is 5.75 Å². The highest BCUT2D eigenvalue weighted by atomic mass is 19.1. The van der Waals surface area contributed by atoms with Crippen LogP contribution in [0.5, 0.6) is 5.75 Å². The fraction of sp³-hybridized carbons (Fsp3) is 0.333. The Morgan fingerprint density at radius 2 is 1.89 bits per heavy atom. The number of carbonyl (C=O) groups excluding carboxylic acids is 2. The maximum atomic E-state index is 13.7. The van der Waals surface area contributed by atoms with Gasteiger partial charge >= 0.3 is 6.03 Å². The quantitative estimate of drug-likeness (QED) is 0.800. The molecular formula is C21H24FN3O3. The molecule has 148 valence electrons. The Morgan fingerprint density at radius 3 is 2.64 bits per heavy atom. The zero-order valence-electron chi connectivity index (χ0n) is 15.8. The third-order valence-corrected chi connectivity index (χ3v) is 4.73. The molecule has 0 aliphatic carbocycles. The van der Waals surface area contributed by atoms with Crippen LogP contribution >= 0.6 is 0 Å². The number of ether oxygens (including phenoxy) is 1. The molecule has 6 nitrogen and oxygen atoms in total. The summed E-state index contributed by atoms with van der Waals surface area (Å²) >= 11 is 0. The van der Waals surface area contributed by atoms with Gasteiger partial charge in [0, 0.05) is 19.6 Å². The van der Waals surface area contributed by atoms with Crippen molar-refractivity contribution in [2.75, 3.05) is 32.1 Å². The van der Waals surface area contributed by atoms with Gasteiger partial charge in [-0.15, -0.1) is 0 Å². The Labute approximate surface area is 163 Å². The number of para-hydroxylation sites is 1. The second kappa shape index (κ2) is 9.21. The largest absolute Gasteiger partial charge is 0.496 e. The maximum absolute atomic E-state index is 13.7. The fourth-order valence-electron chi connectivity index (χ4n) is 3.24. The molecule has 0 radical (unpaired) electrons. The summed E-state index contributed by atoms with van der Waals surface area (Å²) < 4.78 is 19.0. The Balaban J connectivity index is 1.65. The topological polar surface area (TPSA) is 70.7 Å². The highest BCUT2D eigenvalue weighted by molar-refractivity contribution is 6.03. The summed E-state index contributed by atoms with van der Waals surface area (Å²) in [5.41, 5.74) is 1.37. The third kappa shape index (κ3) is 4.79. The van der Waals surface area contributed by atoms with Crippen LogP contribution in [0.1, 0.15) is 28.8 Å². The minimum absolute atomic E-state index is 0.104. The van der Waals surface area contributed by atoms with E-state index in [1.807, 2.05) is 24.3 Å². The van der Waals surface area contributed by atoms with Gasteiger partial charge in [0.15, 0.2) is 0 Å². The Bertz CT molecular complexity index is 851. The average Bonchev–Trinajstić information content (AvgIpc) is 3.24. The number of halogens is 1. The summed E-state index contributed by atoms with van der Waals surface area (Å²) in [5, 5.41) is 5.51. The van der Waals surface area contributed by atoms with Gasteiger partial charge in [0.1, 0.15) is 11.6 Å². The lowest BCUT2D eigenvalue weighted by Crippen LogP contribution is -2.33. The molecule has 0 atom stereocenters. The summed E-state index contributed by atoms with van der Waals surface area (Å²) in [7, 11) is 1.60. The number of hydrogen-bond donors (Lipinski definition) is 2. The standard InChI is InChI=1S/C21H24FN3O3/c1-28-19-7-3-2-6-15(19)10-11-23-20(26)17-14-16(22)8-9-18(17)24-21(27)25-12-4-5-13-25/h2-3,6-9,14H,4-5,10-13H2,1H3,(H,23,26)(H,24,27). The minimum atomic E-state index is -0.533. The number of methoxy groups -OCH3 is 1. The number of anilines is 1. The van der Waals surface area contributed by atoms with Crippen LogP contribution < -0.4 is 15.4 Å². The van der Waals surface area contributed by atoms with Crippen LogP contribution in [0.4, 0.5) is 14.9 Å². The number of benzene rings is 2. The summed E-state index contributed by atoms with van der Waals surface area (Å²) in [6, 6.07) is 11.1. The van der Waals surface area contributed by atoms with Gasteiger partial charge in [-0.3, -0.25) is 4.79 Å². The number of nitrogens with zero attached hydrogens (tertiary/aromatic N) is 1. The van der Waals surface area contributed by atoms with E-state index >= 15 is 0 Å². The first kappa shape index (κ1) is 19.7. The molecule has 3 amide bonds. The van der Waals surface area contributed by atoms with E-state index in [4.69, 9.17) is 4.74 Å². The number of likely N-dealkylation sites (tertiary alicyclic amines) is 1. The second-order valence-electron chi connectivity index (χ2n) is 6.63. The normalized spacial score (nSPS) is 13.3. The van der Waals surface area contributed by atoms with Crippen LogP contribution in [-0.2, 0) is 6.42 Å². The SMILES string of the molecule is COc1ccccc1CCNC(=O)c1cc(F)ccc1NC(=O)N1CCCC1. The van der Waals surface area contributed by atoms with Gasteiger partial charge in [-0.05, 0) is 49.1 Å². The second-order valence-corrected chi connectivity index (χ2v) is 6.63. The van der Waals surface area contributed by atoms with E-state index in [0.29, 0.717) is 31.7 Å². The monoisotopic (exact) mass is 385 g/mol. The van der Waals surface area contributed by atoms with Crippen LogP contribution in [0.15, 0.2) is 42.5 Å². The molecule has 0 aromatic heterocycles. The molecule has 3 rings (SSSR count). The molecule has 0 bridgehead atoms. The molecule has 1 aliphatic rings. The highest BCUT2D eigenvalue weighted by Gasteiger charge is 2.20. The summed E-state index contributed by atoms with van der Waals surface area (Å²) in [6.07, 6.45) is 2.50. The zero-order valence-corrected chi connectivity index (χ0v) is 15.8. The van der Waals surface area contributed by atoms with E-state index in [-0.39, 0.29) is 11.6 Å². The van der Waals surface area contributed by atoms with Gasteiger partial charge < -0.3 is 20.3 Å². The first-order valence-electron chi connectivity index (χ1n) is 9.34. The molecular weight excluding hydrogens is 361 g/mol. The van der Waals surface area contributed by atoms with Crippen molar-refractivity contribution in [1.29, 1.82) is 0 Å². The molecule has 0 unspecified atom stereocenters. The van der Waals surface area contributed by atoms with Crippen molar-refractivity contribution in [2.24, 2.45) is 0 Å². The van der Waals surface area contributed by atoms with Crippen molar-refractivity contribution in [1.82, 2.24) is 10.2 Å². The number of nitrogens with one attached hydrogen (secondary N) is 2. The lowest BCUT2D eigenvalue weighted by atomic mass is 10.1. The van der Waals surface area contributed by atoms with E-state index < -0.39 is 11.7 Å². The first-order chi connectivity index (χ1) is 13.6. The van der Waals surface area contributed by atoms with Crippen molar-refractivity contribution in [3.63, 3.8) is 0 Å². The van der Waals surface area contributed by atoms with Gasteiger partial charge in [-0.2, -0.15) is 0 Å². The molecule has 1 heterocycles. The van der Waals surface area contributed by atoms with Gasteiger partial charge in [-0.25, -0.2) is 9.18 Å². The van der Waals surface area contributed by atoms with Crippen molar-refractivity contribution in [2.45, 2.75) is 19.3 Å². The number of urea groups is 1. The predicted octanol–water partition coefficient (Wildman–Crippen LogP) is 3.43. The molecule has 0 spiro atoms. The van der Waals surface area contributed by atoms with Gasteiger partial charge in [-0.1, -0.05) is 18.2 Å². The molecule has 1 fully saturated rings. The third-order valence-electron chi connectivity index (χ3n) is 4.73. The Kier molecular flexibility index (Phi) is 6.47.